The van der Waals surface area contributed by atoms with Crippen LogP contribution in [0.3, 0.4) is 0 Å². The van der Waals surface area contributed by atoms with Crippen molar-refractivity contribution in [2.75, 3.05) is 6.61 Å². The van der Waals surface area contributed by atoms with E-state index in [-0.39, 0.29) is 18.6 Å². The molecule has 0 bridgehead atoms. The van der Waals surface area contributed by atoms with E-state index in [1.807, 2.05) is 42.5 Å². The van der Waals surface area contributed by atoms with Gasteiger partial charge in [0, 0.05) is 17.4 Å². The van der Waals surface area contributed by atoms with Gasteiger partial charge in [-0.1, -0.05) is 41.9 Å². The van der Waals surface area contributed by atoms with Gasteiger partial charge in [0.25, 0.3) is 0 Å². The Bertz CT molecular complexity index is 555. The molecule has 0 aliphatic carbocycles. The van der Waals surface area contributed by atoms with Gasteiger partial charge in [-0.05, 0) is 35.7 Å². The van der Waals surface area contributed by atoms with Gasteiger partial charge in [0.1, 0.15) is 11.9 Å². The first-order valence-corrected chi connectivity index (χ1v) is 7.25. The van der Waals surface area contributed by atoms with E-state index in [4.69, 9.17) is 16.3 Å². The minimum absolute atomic E-state index is 0.0894. The normalized spacial score (nSPS) is 18.4. The molecule has 1 aliphatic heterocycles. The second-order valence-corrected chi connectivity index (χ2v) is 5.65. The maximum atomic E-state index is 9.64. The molecule has 1 heterocycles. The molecule has 0 amide bonds. The van der Waals surface area contributed by atoms with E-state index < -0.39 is 0 Å². The summed E-state index contributed by atoms with van der Waals surface area (Å²) < 4.78 is 5.95. The zero-order valence-electron chi connectivity index (χ0n) is 11.1. The van der Waals surface area contributed by atoms with Gasteiger partial charge in [0.15, 0.2) is 0 Å². The van der Waals surface area contributed by atoms with E-state index in [1.165, 1.54) is 5.56 Å². The third-order valence-electron chi connectivity index (χ3n) is 3.82. The summed E-state index contributed by atoms with van der Waals surface area (Å²) in [6, 6.07) is 15.8. The molecule has 0 aromatic heterocycles. The van der Waals surface area contributed by atoms with Crippen LogP contribution in [0.2, 0.25) is 5.02 Å². The Balaban J connectivity index is 1.69. The van der Waals surface area contributed by atoms with Crippen LogP contribution in [0.25, 0.3) is 0 Å². The standard InChI is InChI=1S/C17H17ClO2/c18-15-7-5-12(6-8-15)14(11-19)10-16-9-13-3-1-2-4-17(13)20-16/h1-8,14,16,19H,9-11H2. The molecule has 0 saturated carbocycles. The van der Waals surface area contributed by atoms with Crippen LogP contribution in [-0.2, 0) is 6.42 Å². The minimum Gasteiger partial charge on any atom is -0.490 e. The third kappa shape index (κ3) is 2.82. The molecule has 2 nitrogen and oxygen atoms in total. The molecule has 2 unspecified atom stereocenters. The van der Waals surface area contributed by atoms with Crippen molar-refractivity contribution < 1.29 is 9.84 Å². The molecule has 2 aromatic rings. The number of para-hydroxylation sites is 1. The van der Waals surface area contributed by atoms with Gasteiger partial charge in [-0.3, -0.25) is 0 Å². The van der Waals surface area contributed by atoms with Crippen LogP contribution in [0, 0.1) is 0 Å². The molecule has 1 N–H and O–H groups in total. The Morgan fingerprint density at radius 2 is 1.90 bits per heavy atom. The highest BCUT2D eigenvalue weighted by Gasteiger charge is 2.25. The van der Waals surface area contributed by atoms with Crippen molar-refractivity contribution in [2.24, 2.45) is 0 Å². The summed E-state index contributed by atoms with van der Waals surface area (Å²) in [6.45, 7) is 0.123. The quantitative estimate of drug-likeness (QED) is 0.927. The molecule has 104 valence electrons. The fourth-order valence-electron chi connectivity index (χ4n) is 2.75. The van der Waals surface area contributed by atoms with Gasteiger partial charge in [0.05, 0.1) is 6.61 Å². The minimum atomic E-state index is 0.0894. The SMILES string of the molecule is OCC(CC1Cc2ccccc2O1)c1ccc(Cl)cc1. The van der Waals surface area contributed by atoms with Crippen LogP contribution in [0.15, 0.2) is 48.5 Å². The molecular formula is C17H17ClO2. The van der Waals surface area contributed by atoms with Crippen molar-refractivity contribution in [3.63, 3.8) is 0 Å². The maximum absolute atomic E-state index is 9.64. The van der Waals surface area contributed by atoms with Crippen molar-refractivity contribution in [1.29, 1.82) is 0 Å². The molecular weight excluding hydrogens is 272 g/mol. The zero-order chi connectivity index (χ0) is 13.9. The Kier molecular flexibility index (Phi) is 3.95. The summed E-state index contributed by atoms with van der Waals surface area (Å²) >= 11 is 5.90. The lowest BCUT2D eigenvalue weighted by Gasteiger charge is -2.19. The van der Waals surface area contributed by atoms with Crippen molar-refractivity contribution in [3.8, 4) is 5.75 Å². The molecule has 0 spiro atoms. The average Bonchev–Trinajstić information content (AvgIpc) is 2.88. The summed E-state index contributed by atoms with van der Waals surface area (Å²) in [7, 11) is 0. The third-order valence-corrected chi connectivity index (χ3v) is 4.08. The lowest BCUT2D eigenvalue weighted by Crippen LogP contribution is -2.19. The molecule has 0 radical (unpaired) electrons. The summed E-state index contributed by atoms with van der Waals surface area (Å²) in [5, 5.41) is 10.4. The predicted molar refractivity (Wildman–Crippen MR) is 80.5 cm³/mol. The second-order valence-electron chi connectivity index (χ2n) is 5.22. The number of aliphatic hydroxyl groups is 1. The largest absolute Gasteiger partial charge is 0.490 e. The van der Waals surface area contributed by atoms with Crippen molar-refractivity contribution >= 4 is 11.6 Å². The highest BCUT2D eigenvalue weighted by Crippen LogP contribution is 2.33. The Labute approximate surface area is 124 Å². The van der Waals surface area contributed by atoms with Gasteiger partial charge >= 0.3 is 0 Å². The molecule has 0 saturated heterocycles. The van der Waals surface area contributed by atoms with Gasteiger partial charge in [0.2, 0.25) is 0 Å². The van der Waals surface area contributed by atoms with Crippen molar-refractivity contribution in [2.45, 2.75) is 24.9 Å². The molecule has 2 atom stereocenters. The molecule has 1 aliphatic rings. The molecule has 3 heteroatoms. The Morgan fingerprint density at radius 3 is 2.60 bits per heavy atom. The summed E-state index contributed by atoms with van der Waals surface area (Å²) in [5.41, 5.74) is 2.36. The van der Waals surface area contributed by atoms with E-state index in [2.05, 4.69) is 6.07 Å². The number of benzene rings is 2. The predicted octanol–water partition coefficient (Wildman–Crippen LogP) is 3.81. The van der Waals surface area contributed by atoms with E-state index in [0.717, 1.165) is 29.2 Å². The molecule has 0 fully saturated rings. The topological polar surface area (TPSA) is 29.5 Å². The lowest BCUT2D eigenvalue weighted by atomic mass is 9.92. The summed E-state index contributed by atoms with van der Waals surface area (Å²) in [5.74, 6) is 1.07. The second kappa shape index (κ2) is 5.86. The van der Waals surface area contributed by atoms with Gasteiger partial charge in [-0.2, -0.15) is 0 Å². The molecule has 3 rings (SSSR count). The van der Waals surface area contributed by atoms with Crippen LogP contribution < -0.4 is 4.74 Å². The zero-order valence-corrected chi connectivity index (χ0v) is 11.9. The van der Waals surface area contributed by atoms with Crippen LogP contribution in [-0.4, -0.2) is 17.8 Å². The highest BCUT2D eigenvalue weighted by molar-refractivity contribution is 6.30. The fraction of sp³-hybridized carbons (Fsp3) is 0.294. The van der Waals surface area contributed by atoms with Crippen LogP contribution in [0.5, 0.6) is 5.75 Å². The van der Waals surface area contributed by atoms with E-state index in [1.54, 1.807) is 0 Å². The number of aliphatic hydroxyl groups excluding tert-OH is 1. The monoisotopic (exact) mass is 288 g/mol. The van der Waals surface area contributed by atoms with E-state index in [9.17, 15) is 5.11 Å². The number of rotatable bonds is 4. The number of hydrogen-bond acceptors (Lipinski definition) is 2. The first-order valence-electron chi connectivity index (χ1n) is 6.87. The summed E-state index contributed by atoms with van der Waals surface area (Å²) in [6.07, 6.45) is 1.87. The average molecular weight is 289 g/mol. The Hall–Kier alpha value is -1.51. The number of hydrogen-bond donors (Lipinski definition) is 1. The van der Waals surface area contributed by atoms with Crippen LogP contribution >= 0.6 is 11.6 Å². The van der Waals surface area contributed by atoms with E-state index >= 15 is 0 Å². The van der Waals surface area contributed by atoms with Gasteiger partial charge in [-0.15, -0.1) is 0 Å². The first-order chi connectivity index (χ1) is 9.76. The lowest BCUT2D eigenvalue weighted by molar-refractivity contribution is 0.179. The first kappa shape index (κ1) is 13.5. The molecule has 20 heavy (non-hydrogen) atoms. The number of fused-ring (bicyclic) bond motifs is 1. The number of ether oxygens (including phenoxy) is 1. The summed E-state index contributed by atoms with van der Waals surface area (Å²) in [4.78, 5) is 0. The van der Waals surface area contributed by atoms with Gasteiger partial charge in [-0.25, -0.2) is 0 Å². The maximum Gasteiger partial charge on any atom is 0.123 e. The highest BCUT2D eigenvalue weighted by atomic mass is 35.5. The smallest absolute Gasteiger partial charge is 0.123 e. The fourth-order valence-corrected chi connectivity index (χ4v) is 2.88. The van der Waals surface area contributed by atoms with Crippen molar-refractivity contribution in [1.82, 2.24) is 0 Å². The van der Waals surface area contributed by atoms with Crippen molar-refractivity contribution in [3.05, 3.63) is 64.7 Å². The van der Waals surface area contributed by atoms with Crippen LogP contribution in [0.4, 0.5) is 0 Å². The Morgan fingerprint density at radius 1 is 1.15 bits per heavy atom. The molecule has 2 aromatic carbocycles. The van der Waals surface area contributed by atoms with Crippen LogP contribution in [0.1, 0.15) is 23.5 Å². The van der Waals surface area contributed by atoms with Gasteiger partial charge < -0.3 is 9.84 Å². The number of halogens is 1. The van der Waals surface area contributed by atoms with E-state index in [0.29, 0.717) is 0 Å².